The van der Waals surface area contributed by atoms with Crippen molar-refractivity contribution in [1.82, 2.24) is 10.2 Å². The third kappa shape index (κ3) is 2.10. The lowest BCUT2D eigenvalue weighted by Crippen LogP contribution is -2.57. The quantitative estimate of drug-likeness (QED) is 0.637. The molecule has 2 aliphatic heterocycles. The molecule has 0 aromatic carbocycles. The average Bonchev–Trinajstić information content (AvgIpc) is 2.95. The van der Waals surface area contributed by atoms with E-state index in [4.69, 9.17) is 5.11 Å². The van der Waals surface area contributed by atoms with Crippen LogP contribution < -0.4 is 5.32 Å². The molecule has 3 unspecified atom stereocenters. The van der Waals surface area contributed by atoms with Crippen LogP contribution in [-0.2, 0) is 9.59 Å². The van der Waals surface area contributed by atoms with Crippen molar-refractivity contribution in [3.05, 3.63) is 0 Å². The molecule has 0 bridgehead atoms. The Balaban J connectivity index is 2.19. The highest BCUT2D eigenvalue weighted by Gasteiger charge is 2.48. The molecule has 6 nitrogen and oxygen atoms in total. The minimum absolute atomic E-state index is 0.124. The van der Waals surface area contributed by atoms with E-state index in [2.05, 4.69) is 5.32 Å². The van der Waals surface area contributed by atoms with Crippen molar-refractivity contribution < 1.29 is 19.8 Å². The van der Waals surface area contributed by atoms with Gasteiger partial charge < -0.3 is 20.4 Å². The second-order valence-corrected chi connectivity index (χ2v) is 5.17. The van der Waals surface area contributed by atoms with Crippen LogP contribution in [0.25, 0.3) is 0 Å². The molecule has 0 radical (unpaired) electrons. The molecule has 18 heavy (non-hydrogen) atoms. The van der Waals surface area contributed by atoms with E-state index in [0.29, 0.717) is 6.42 Å². The van der Waals surface area contributed by atoms with E-state index in [1.54, 1.807) is 0 Å². The smallest absolute Gasteiger partial charge is 0.326 e. The van der Waals surface area contributed by atoms with Crippen molar-refractivity contribution in [2.24, 2.45) is 0 Å². The summed E-state index contributed by atoms with van der Waals surface area (Å²) in [5.41, 5.74) is -0.627. The van der Waals surface area contributed by atoms with Crippen LogP contribution in [0.5, 0.6) is 0 Å². The number of amides is 1. The minimum Gasteiger partial charge on any atom is -0.480 e. The van der Waals surface area contributed by atoms with Gasteiger partial charge in [-0.3, -0.25) is 4.79 Å². The lowest BCUT2D eigenvalue weighted by atomic mass is 9.92. The number of carboxylic acid groups (broad SMARTS) is 1. The number of carboxylic acids is 1. The molecule has 0 aliphatic carbocycles. The first-order valence-electron chi connectivity index (χ1n) is 6.47. The number of rotatable bonds is 3. The SMILES string of the molecule is CCC1(C(=O)N2CC(O)CC2C(=O)O)CCCN1. The third-order valence-corrected chi connectivity index (χ3v) is 4.08. The molecule has 0 spiro atoms. The first-order chi connectivity index (χ1) is 8.50. The van der Waals surface area contributed by atoms with Crippen LogP contribution in [0.1, 0.15) is 32.6 Å². The number of nitrogens with one attached hydrogen (secondary N) is 1. The van der Waals surface area contributed by atoms with Crippen molar-refractivity contribution in [2.75, 3.05) is 13.1 Å². The molecule has 2 saturated heterocycles. The van der Waals surface area contributed by atoms with Gasteiger partial charge in [-0.25, -0.2) is 4.79 Å². The summed E-state index contributed by atoms with van der Waals surface area (Å²) in [5, 5.41) is 21.9. The Labute approximate surface area is 106 Å². The molecule has 2 fully saturated rings. The fraction of sp³-hybridized carbons (Fsp3) is 0.833. The first kappa shape index (κ1) is 13.3. The molecule has 6 heteroatoms. The van der Waals surface area contributed by atoms with Gasteiger partial charge in [-0.2, -0.15) is 0 Å². The van der Waals surface area contributed by atoms with Crippen molar-refractivity contribution in [3.8, 4) is 0 Å². The highest BCUT2D eigenvalue weighted by Crippen LogP contribution is 2.29. The lowest BCUT2D eigenvalue weighted by molar-refractivity contribution is -0.151. The van der Waals surface area contributed by atoms with E-state index in [9.17, 15) is 14.7 Å². The predicted molar refractivity (Wildman–Crippen MR) is 64.0 cm³/mol. The minimum atomic E-state index is -1.04. The van der Waals surface area contributed by atoms with Crippen LogP contribution >= 0.6 is 0 Å². The van der Waals surface area contributed by atoms with E-state index >= 15 is 0 Å². The largest absolute Gasteiger partial charge is 0.480 e. The Morgan fingerprint density at radius 2 is 2.22 bits per heavy atom. The normalized spacial score (nSPS) is 36.0. The monoisotopic (exact) mass is 256 g/mol. The number of nitrogens with zero attached hydrogens (tertiary/aromatic N) is 1. The number of hydrogen-bond donors (Lipinski definition) is 3. The van der Waals surface area contributed by atoms with Gasteiger partial charge in [0.15, 0.2) is 0 Å². The number of β-amino-alcohol motifs (C(OH)–C–C–N with tert-alkyl or cyclic N) is 1. The van der Waals surface area contributed by atoms with Crippen LogP contribution in [0.15, 0.2) is 0 Å². The van der Waals surface area contributed by atoms with Crippen molar-refractivity contribution >= 4 is 11.9 Å². The Hall–Kier alpha value is -1.14. The van der Waals surface area contributed by atoms with Crippen LogP contribution in [0, 0.1) is 0 Å². The molecule has 2 rings (SSSR count). The second-order valence-electron chi connectivity index (χ2n) is 5.17. The van der Waals surface area contributed by atoms with Crippen LogP contribution in [0.4, 0.5) is 0 Å². The van der Waals surface area contributed by atoms with Gasteiger partial charge in [0, 0.05) is 13.0 Å². The van der Waals surface area contributed by atoms with E-state index in [1.165, 1.54) is 4.90 Å². The number of carbonyl (C=O) groups excluding carboxylic acids is 1. The Morgan fingerprint density at radius 3 is 2.72 bits per heavy atom. The van der Waals surface area contributed by atoms with Crippen LogP contribution in [-0.4, -0.2) is 57.8 Å². The summed E-state index contributed by atoms with van der Waals surface area (Å²) in [6.45, 7) is 2.84. The molecule has 0 saturated carbocycles. The Kier molecular flexibility index (Phi) is 3.59. The maximum Gasteiger partial charge on any atom is 0.326 e. The molecule has 2 aliphatic rings. The highest BCUT2D eigenvalue weighted by atomic mass is 16.4. The molecule has 1 amide bonds. The van der Waals surface area contributed by atoms with E-state index in [0.717, 1.165) is 19.4 Å². The fourth-order valence-corrected chi connectivity index (χ4v) is 2.99. The molecular weight excluding hydrogens is 236 g/mol. The van der Waals surface area contributed by atoms with Crippen molar-refractivity contribution in [1.29, 1.82) is 0 Å². The Bertz CT molecular complexity index is 352. The molecule has 0 aromatic heterocycles. The second kappa shape index (κ2) is 4.85. The van der Waals surface area contributed by atoms with Gasteiger partial charge in [-0.15, -0.1) is 0 Å². The van der Waals surface area contributed by atoms with Crippen molar-refractivity contribution in [2.45, 2.75) is 50.3 Å². The van der Waals surface area contributed by atoms with Crippen LogP contribution in [0.3, 0.4) is 0 Å². The molecule has 3 atom stereocenters. The summed E-state index contributed by atoms with van der Waals surface area (Å²) >= 11 is 0. The average molecular weight is 256 g/mol. The number of likely N-dealkylation sites (tertiary alicyclic amines) is 1. The number of aliphatic carboxylic acids is 1. The summed E-state index contributed by atoms with van der Waals surface area (Å²) < 4.78 is 0. The molecule has 0 aromatic rings. The standard InChI is InChI=1S/C12H20N2O4/c1-2-12(4-3-5-13-12)11(18)14-7-8(15)6-9(14)10(16)17/h8-9,13,15H,2-7H2,1H3,(H,16,17). The molecule has 3 N–H and O–H groups in total. The van der Waals surface area contributed by atoms with Gasteiger partial charge in [-0.1, -0.05) is 6.92 Å². The number of hydrogen-bond acceptors (Lipinski definition) is 4. The fourth-order valence-electron chi connectivity index (χ4n) is 2.99. The zero-order chi connectivity index (χ0) is 13.3. The summed E-state index contributed by atoms with van der Waals surface area (Å²) in [7, 11) is 0. The van der Waals surface area contributed by atoms with E-state index < -0.39 is 23.7 Å². The topological polar surface area (TPSA) is 89.9 Å². The molecule has 102 valence electrons. The van der Waals surface area contributed by atoms with E-state index in [1.807, 2.05) is 6.92 Å². The third-order valence-electron chi connectivity index (χ3n) is 4.08. The van der Waals surface area contributed by atoms with Gasteiger partial charge in [0.2, 0.25) is 5.91 Å². The summed E-state index contributed by atoms with van der Waals surface area (Å²) in [5.74, 6) is -1.21. The van der Waals surface area contributed by atoms with E-state index in [-0.39, 0.29) is 18.9 Å². The highest BCUT2D eigenvalue weighted by molar-refractivity contribution is 5.91. The zero-order valence-electron chi connectivity index (χ0n) is 10.6. The molecular formula is C12H20N2O4. The summed E-state index contributed by atoms with van der Waals surface area (Å²) in [6.07, 6.45) is 1.70. The first-order valence-corrected chi connectivity index (χ1v) is 6.47. The summed E-state index contributed by atoms with van der Waals surface area (Å²) in [4.78, 5) is 25.0. The maximum absolute atomic E-state index is 12.5. The van der Waals surface area contributed by atoms with Gasteiger partial charge in [0.1, 0.15) is 6.04 Å². The van der Waals surface area contributed by atoms with Gasteiger partial charge in [0.25, 0.3) is 0 Å². The number of aliphatic hydroxyl groups is 1. The van der Waals surface area contributed by atoms with Crippen LogP contribution in [0.2, 0.25) is 0 Å². The van der Waals surface area contributed by atoms with Gasteiger partial charge in [0.05, 0.1) is 11.6 Å². The lowest BCUT2D eigenvalue weighted by Gasteiger charge is -2.33. The maximum atomic E-state index is 12.5. The Morgan fingerprint density at radius 1 is 1.50 bits per heavy atom. The van der Waals surface area contributed by atoms with Gasteiger partial charge in [-0.05, 0) is 25.8 Å². The molecule has 2 heterocycles. The number of aliphatic hydroxyl groups excluding tert-OH is 1. The predicted octanol–water partition coefficient (Wildman–Crippen LogP) is -0.435. The van der Waals surface area contributed by atoms with Gasteiger partial charge >= 0.3 is 5.97 Å². The number of carbonyl (C=O) groups is 2. The zero-order valence-corrected chi connectivity index (χ0v) is 10.6. The summed E-state index contributed by atoms with van der Waals surface area (Å²) in [6, 6.07) is -0.890. The van der Waals surface area contributed by atoms with Crippen molar-refractivity contribution in [3.63, 3.8) is 0 Å².